The fourth-order valence-corrected chi connectivity index (χ4v) is 2.92. The Morgan fingerprint density at radius 2 is 1.85 bits per heavy atom. The summed E-state index contributed by atoms with van der Waals surface area (Å²) < 4.78 is 15.6. The van der Waals surface area contributed by atoms with Gasteiger partial charge in [-0.25, -0.2) is 9.78 Å². The average Bonchev–Trinajstić information content (AvgIpc) is 3.14. The lowest BCUT2D eigenvalue weighted by Crippen LogP contribution is -2.05. The molecule has 3 aromatic rings. The first-order valence-corrected chi connectivity index (χ1v) is 8.72. The van der Waals surface area contributed by atoms with Crippen molar-refractivity contribution < 1.29 is 19.0 Å². The minimum atomic E-state index is -0.415. The van der Waals surface area contributed by atoms with Crippen LogP contribution in [0.4, 0.5) is 10.8 Å². The van der Waals surface area contributed by atoms with E-state index in [9.17, 15) is 4.79 Å². The number of anilines is 2. The van der Waals surface area contributed by atoms with Crippen LogP contribution >= 0.6 is 11.3 Å². The monoisotopic (exact) mass is 370 g/mol. The second-order valence-corrected chi connectivity index (χ2v) is 6.16. The Labute approximate surface area is 155 Å². The molecule has 0 atom stereocenters. The van der Waals surface area contributed by atoms with Crippen LogP contribution in [-0.4, -0.2) is 25.2 Å². The van der Waals surface area contributed by atoms with Crippen molar-refractivity contribution in [1.82, 2.24) is 4.98 Å². The van der Waals surface area contributed by atoms with Gasteiger partial charge in [0, 0.05) is 11.1 Å². The van der Waals surface area contributed by atoms with E-state index in [2.05, 4.69) is 10.3 Å². The zero-order chi connectivity index (χ0) is 18.4. The Balaban J connectivity index is 1.56. The third kappa shape index (κ3) is 4.52. The fourth-order valence-electron chi connectivity index (χ4n) is 2.20. The number of nitrogens with zero attached hydrogens (tertiary/aromatic N) is 1. The maximum Gasteiger partial charge on any atom is 0.338 e. The van der Waals surface area contributed by atoms with Crippen LogP contribution in [0.5, 0.6) is 11.5 Å². The lowest BCUT2D eigenvalue weighted by atomic mass is 10.2. The van der Waals surface area contributed by atoms with Gasteiger partial charge in [0.25, 0.3) is 0 Å². The van der Waals surface area contributed by atoms with Gasteiger partial charge >= 0.3 is 5.97 Å². The lowest BCUT2D eigenvalue weighted by molar-refractivity contribution is 0.0468. The molecule has 7 heteroatoms. The number of thiazole rings is 1. The Bertz CT molecular complexity index is 877. The molecule has 0 bridgehead atoms. The third-order valence-corrected chi connectivity index (χ3v) is 4.36. The number of hydrogen-bond donors (Lipinski definition) is 1. The SMILES string of the molecule is COc1ccc(Nc2nc(COC(=O)c3cccc(OC)c3)cs2)cc1. The van der Waals surface area contributed by atoms with Gasteiger partial charge in [0.1, 0.15) is 18.1 Å². The van der Waals surface area contributed by atoms with E-state index in [0.717, 1.165) is 16.6 Å². The summed E-state index contributed by atoms with van der Waals surface area (Å²) in [5.74, 6) is 0.987. The fraction of sp³-hybridized carbons (Fsp3) is 0.158. The van der Waals surface area contributed by atoms with Crippen molar-refractivity contribution in [3.63, 3.8) is 0 Å². The largest absolute Gasteiger partial charge is 0.497 e. The Kier molecular flexibility index (Phi) is 5.70. The molecule has 0 unspecified atom stereocenters. The molecule has 6 nitrogen and oxygen atoms in total. The number of methoxy groups -OCH3 is 2. The molecule has 1 aromatic heterocycles. The smallest absolute Gasteiger partial charge is 0.338 e. The molecule has 0 amide bonds. The van der Waals surface area contributed by atoms with E-state index in [0.29, 0.717) is 17.0 Å². The third-order valence-electron chi connectivity index (χ3n) is 3.55. The summed E-state index contributed by atoms with van der Waals surface area (Å²) in [4.78, 5) is 16.5. The summed E-state index contributed by atoms with van der Waals surface area (Å²) in [7, 11) is 3.18. The minimum absolute atomic E-state index is 0.108. The molecule has 26 heavy (non-hydrogen) atoms. The first-order valence-electron chi connectivity index (χ1n) is 7.84. The molecule has 0 saturated heterocycles. The molecular formula is C19H18N2O4S. The van der Waals surface area contributed by atoms with Gasteiger partial charge in [-0.15, -0.1) is 11.3 Å². The van der Waals surface area contributed by atoms with Crippen LogP contribution in [0.15, 0.2) is 53.9 Å². The van der Waals surface area contributed by atoms with Gasteiger partial charge in [0.2, 0.25) is 0 Å². The van der Waals surface area contributed by atoms with E-state index in [1.54, 1.807) is 38.5 Å². The number of hydrogen-bond acceptors (Lipinski definition) is 7. The lowest BCUT2D eigenvalue weighted by Gasteiger charge is -2.05. The second kappa shape index (κ2) is 8.35. The molecule has 0 spiro atoms. The average molecular weight is 370 g/mol. The van der Waals surface area contributed by atoms with Gasteiger partial charge in [-0.3, -0.25) is 0 Å². The molecule has 1 N–H and O–H groups in total. The summed E-state index contributed by atoms with van der Waals surface area (Å²) in [6.07, 6.45) is 0. The summed E-state index contributed by atoms with van der Waals surface area (Å²) in [6.45, 7) is 0.108. The van der Waals surface area contributed by atoms with Crippen LogP contribution in [0.3, 0.4) is 0 Å². The number of carbonyl (C=O) groups is 1. The molecule has 0 aliphatic rings. The van der Waals surface area contributed by atoms with Crippen molar-refractivity contribution in [2.75, 3.05) is 19.5 Å². The van der Waals surface area contributed by atoms with Crippen LogP contribution in [0.25, 0.3) is 0 Å². The van der Waals surface area contributed by atoms with E-state index in [1.807, 2.05) is 29.6 Å². The molecule has 134 valence electrons. The van der Waals surface area contributed by atoms with Gasteiger partial charge < -0.3 is 19.5 Å². The first-order chi connectivity index (χ1) is 12.7. The topological polar surface area (TPSA) is 69.7 Å². The number of nitrogens with one attached hydrogen (secondary N) is 1. The van der Waals surface area contributed by atoms with E-state index < -0.39 is 5.97 Å². The molecule has 1 heterocycles. The highest BCUT2D eigenvalue weighted by Crippen LogP contribution is 2.23. The van der Waals surface area contributed by atoms with Crippen LogP contribution in [0.1, 0.15) is 16.1 Å². The van der Waals surface area contributed by atoms with Crippen LogP contribution in [-0.2, 0) is 11.3 Å². The Morgan fingerprint density at radius 1 is 1.08 bits per heavy atom. The van der Waals surface area contributed by atoms with Crippen molar-refractivity contribution >= 4 is 28.1 Å². The summed E-state index contributed by atoms with van der Waals surface area (Å²) in [5, 5.41) is 5.78. The predicted molar refractivity (Wildman–Crippen MR) is 101 cm³/mol. The van der Waals surface area contributed by atoms with Crippen LogP contribution in [0.2, 0.25) is 0 Å². The van der Waals surface area contributed by atoms with E-state index >= 15 is 0 Å². The van der Waals surface area contributed by atoms with Gasteiger partial charge in [0.05, 0.1) is 25.5 Å². The highest BCUT2D eigenvalue weighted by Gasteiger charge is 2.10. The first kappa shape index (κ1) is 17.8. The predicted octanol–water partition coefficient (Wildman–Crippen LogP) is 4.26. The van der Waals surface area contributed by atoms with Gasteiger partial charge in [-0.1, -0.05) is 6.07 Å². The molecule has 0 radical (unpaired) electrons. The zero-order valence-electron chi connectivity index (χ0n) is 14.4. The Hall–Kier alpha value is -3.06. The second-order valence-electron chi connectivity index (χ2n) is 5.31. The highest BCUT2D eigenvalue weighted by molar-refractivity contribution is 7.13. The molecule has 3 rings (SSSR count). The van der Waals surface area contributed by atoms with Crippen molar-refractivity contribution in [1.29, 1.82) is 0 Å². The number of benzene rings is 2. The maximum absolute atomic E-state index is 12.1. The molecule has 2 aromatic carbocycles. The highest BCUT2D eigenvalue weighted by atomic mass is 32.1. The van der Waals surface area contributed by atoms with Gasteiger partial charge in [0.15, 0.2) is 5.13 Å². The summed E-state index contributed by atoms with van der Waals surface area (Å²) >= 11 is 1.44. The standard InChI is InChI=1S/C19H18N2O4S/c1-23-16-8-6-14(7-9-16)20-19-21-15(12-26-19)11-25-18(22)13-4-3-5-17(10-13)24-2/h3-10,12H,11H2,1-2H3,(H,20,21). The maximum atomic E-state index is 12.1. The molecule has 0 aliphatic carbocycles. The van der Waals surface area contributed by atoms with Crippen molar-refractivity contribution in [3.8, 4) is 11.5 Å². The zero-order valence-corrected chi connectivity index (χ0v) is 15.2. The van der Waals surface area contributed by atoms with Crippen LogP contribution < -0.4 is 14.8 Å². The van der Waals surface area contributed by atoms with Crippen molar-refractivity contribution in [2.24, 2.45) is 0 Å². The van der Waals surface area contributed by atoms with E-state index in [1.165, 1.54) is 11.3 Å². The number of esters is 1. The molecular weight excluding hydrogens is 352 g/mol. The molecule has 0 fully saturated rings. The number of ether oxygens (including phenoxy) is 3. The van der Waals surface area contributed by atoms with Gasteiger partial charge in [-0.05, 0) is 42.5 Å². The van der Waals surface area contributed by atoms with Crippen molar-refractivity contribution in [2.45, 2.75) is 6.61 Å². The summed E-state index contributed by atoms with van der Waals surface area (Å²) in [6, 6.07) is 14.4. The van der Waals surface area contributed by atoms with E-state index in [-0.39, 0.29) is 6.61 Å². The number of aromatic nitrogens is 1. The number of rotatable bonds is 7. The quantitative estimate of drug-likeness (QED) is 0.627. The molecule has 0 saturated carbocycles. The normalized spacial score (nSPS) is 10.2. The minimum Gasteiger partial charge on any atom is -0.497 e. The van der Waals surface area contributed by atoms with Gasteiger partial charge in [-0.2, -0.15) is 0 Å². The number of carbonyl (C=O) groups excluding carboxylic acids is 1. The van der Waals surface area contributed by atoms with E-state index in [4.69, 9.17) is 14.2 Å². The van der Waals surface area contributed by atoms with Crippen LogP contribution in [0, 0.1) is 0 Å². The Morgan fingerprint density at radius 3 is 2.58 bits per heavy atom. The molecule has 0 aliphatic heterocycles. The van der Waals surface area contributed by atoms with Crippen molar-refractivity contribution in [3.05, 3.63) is 65.2 Å². The summed E-state index contributed by atoms with van der Waals surface area (Å²) in [5.41, 5.74) is 2.03.